The second kappa shape index (κ2) is 6.99. The van der Waals surface area contributed by atoms with Crippen LogP contribution in [0.5, 0.6) is 0 Å². The zero-order chi connectivity index (χ0) is 19.8. The first-order valence-electron chi connectivity index (χ1n) is 9.15. The van der Waals surface area contributed by atoms with Gasteiger partial charge in [-0.05, 0) is 18.6 Å². The Hall–Kier alpha value is -3.36. The molecule has 0 saturated carbocycles. The Balaban J connectivity index is 1.47. The van der Waals surface area contributed by atoms with E-state index in [0.717, 1.165) is 5.69 Å². The summed E-state index contributed by atoms with van der Waals surface area (Å²) in [5.74, 6) is -1.18. The molecule has 1 aromatic carbocycles. The van der Waals surface area contributed by atoms with Crippen molar-refractivity contribution in [3.8, 4) is 0 Å². The third-order valence-electron chi connectivity index (χ3n) is 5.23. The Morgan fingerprint density at radius 2 is 2.11 bits per heavy atom. The van der Waals surface area contributed by atoms with Gasteiger partial charge in [-0.25, -0.2) is 4.79 Å². The van der Waals surface area contributed by atoms with Crippen LogP contribution in [0.15, 0.2) is 39.7 Å². The number of aromatic nitrogens is 3. The number of fused-ring (bicyclic) bond motifs is 2. The molecule has 3 heterocycles. The number of para-hydroxylation sites is 2. The number of carbonyl (C=O) groups excluding carboxylic acids is 2. The molecule has 0 aliphatic carbocycles. The Morgan fingerprint density at radius 3 is 2.89 bits per heavy atom. The molecule has 28 heavy (non-hydrogen) atoms. The van der Waals surface area contributed by atoms with Gasteiger partial charge in [-0.3, -0.25) is 18.8 Å². The Kier molecular flexibility index (Phi) is 4.50. The number of carbonyl (C=O) groups is 2. The van der Waals surface area contributed by atoms with Gasteiger partial charge in [0.1, 0.15) is 6.04 Å². The Morgan fingerprint density at radius 1 is 1.32 bits per heavy atom. The van der Waals surface area contributed by atoms with Gasteiger partial charge in [0.05, 0.1) is 11.7 Å². The number of oxazole rings is 1. The largest absolute Gasteiger partial charge is 0.419 e. The number of hydrogen-bond acceptors (Lipinski definition) is 5. The lowest BCUT2D eigenvalue weighted by Crippen LogP contribution is -2.45. The van der Waals surface area contributed by atoms with Crippen LogP contribution < -0.4 is 11.5 Å². The van der Waals surface area contributed by atoms with Gasteiger partial charge in [-0.1, -0.05) is 12.1 Å². The van der Waals surface area contributed by atoms with Crippen LogP contribution in [0.4, 0.5) is 0 Å². The van der Waals surface area contributed by atoms with Gasteiger partial charge in [0.15, 0.2) is 5.58 Å². The minimum atomic E-state index is -0.803. The second-order valence-corrected chi connectivity index (χ2v) is 6.90. The highest BCUT2D eigenvalue weighted by Gasteiger charge is 2.36. The van der Waals surface area contributed by atoms with Crippen molar-refractivity contribution in [2.75, 3.05) is 6.54 Å². The minimum Gasteiger partial charge on any atom is -0.408 e. The summed E-state index contributed by atoms with van der Waals surface area (Å²) in [4.78, 5) is 38.4. The van der Waals surface area contributed by atoms with Crippen LogP contribution >= 0.6 is 0 Å². The lowest BCUT2D eigenvalue weighted by molar-refractivity contribution is -0.140. The zero-order valence-electron chi connectivity index (χ0n) is 15.5. The van der Waals surface area contributed by atoms with Gasteiger partial charge >= 0.3 is 5.76 Å². The normalized spacial score (nSPS) is 16.3. The molecule has 9 heteroatoms. The van der Waals surface area contributed by atoms with Gasteiger partial charge in [-0.15, -0.1) is 0 Å². The van der Waals surface area contributed by atoms with Crippen LogP contribution in [0.2, 0.25) is 0 Å². The molecule has 1 atom stereocenters. The summed E-state index contributed by atoms with van der Waals surface area (Å²) in [5, 5.41) is 4.18. The molecular weight excluding hydrogens is 362 g/mol. The van der Waals surface area contributed by atoms with E-state index in [0.29, 0.717) is 42.6 Å². The number of primary amides is 1. The molecule has 0 radical (unpaired) electrons. The number of hydrogen-bond donors (Lipinski definition) is 1. The first-order valence-corrected chi connectivity index (χ1v) is 9.15. The van der Waals surface area contributed by atoms with Crippen LogP contribution in [0.25, 0.3) is 11.1 Å². The zero-order valence-corrected chi connectivity index (χ0v) is 15.5. The molecular formula is C19H21N5O4. The number of nitrogens with zero attached hydrogens (tertiary/aromatic N) is 4. The van der Waals surface area contributed by atoms with E-state index in [2.05, 4.69) is 5.10 Å². The molecule has 0 bridgehead atoms. The van der Waals surface area contributed by atoms with Crippen molar-refractivity contribution in [1.29, 1.82) is 0 Å². The second-order valence-electron chi connectivity index (χ2n) is 6.90. The summed E-state index contributed by atoms with van der Waals surface area (Å²) in [6, 6.07) is 6.36. The highest BCUT2D eigenvalue weighted by atomic mass is 16.4. The molecule has 2 amide bonds. The fraction of sp³-hybridized carbons (Fsp3) is 0.368. The van der Waals surface area contributed by atoms with Crippen molar-refractivity contribution in [2.45, 2.75) is 31.8 Å². The molecule has 9 nitrogen and oxygen atoms in total. The first-order chi connectivity index (χ1) is 13.5. The van der Waals surface area contributed by atoms with Gasteiger partial charge in [0.25, 0.3) is 0 Å². The maximum absolute atomic E-state index is 12.8. The number of nitrogens with two attached hydrogens (primary N) is 1. The van der Waals surface area contributed by atoms with Crippen molar-refractivity contribution in [2.24, 2.45) is 12.8 Å². The molecule has 1 aliphatic heterocycles. The number of benzene rings is 1. The SMILES string of the molecule is Cn1ncc2c1CCN(C(=O)CCCn1c(=O)oc3ccccc31)C2C(N)=O. The van der Waals surface area contributed by atoms with Crippen LogP contribution in [0.3, 0.4) is 0 Å². The molecule has 2 N–H and O–H groups in total. The van der Waals surface area contributed by atoms with Crippen LogP contribution in [-0.4, -0.2) is 37.6 Å². The predicted molar refractivity (Wildman–Crippen MR) is 100 cm³/mol. The highest BCUT2D eigenvalue weighted by molar-refractivity contribution is 5.88. The Bertz CT molecular complexity index is 1110. The van der Waals surface area contributed by atoms with Gasteiger partial charge in [0, 0.05) is 44.2 Å². The van der Waals surface area contributed by atoms with Gasteiger partial charge in [0.2, 0.25) is 11.8 Å². The molecule has 0 fully saturated rings. The maximum Gasteiger partial charge on any atom is 0.419 e. The lowest BCUT2D eigenvalue weighted by Gasteiger charge is -2.34. The average molecular weight is 383 g/mol. The molecule has 4 rings (SSSR count). The molecule has 3 aromatic rings. The van der Waals surface area contributed by atoms with E-state index in [4.69, 9.17) is 10.2 Å². The summed E-state index contributed by atoms with van der Waals surface area (Å²) in [6.45, 7) is 0.766. The molecule has 1 aliphatic rings. The minimum absolute atomic E-state index is 0.167. The van der Waals surface area contributed by atoms with Crippen molar-refractivity contribution in [3.05, 3.63) is 52.3 Å². The summed E-state index contributed by atoms with van der Waals surface area (Å²) in [6.07, 6.45) is 2.87. The van der Waals surface area contributed by atoms with Gasteiger partial charge < -0.3 is 15.1 Å². The number of aryl methyl sites for hydroxylation is 2. The quantitative estimate of drug-likeness (QED) is 0.697. The number of rotatable bonds is 5. The summed E-state index contributed by atoms with van der Waals surface area (Å²) in [5.41, 5.74) is 8.41. The van der Waals surface area contributed by atoms with E-state index in [9.17, 15) is 14.4 Å². The van der Waals surface area contributed by atoms with Crippen molar-refractivity contribution < 1.29 is 14.0 Å². The lowest BCUT2D eigenvalue weighted by atomic mass is 9.98. The fourth-order valence-electron chi connectivity index (χ4n) is 3.87. The number of amides is 2. The summed E-state index contributed by atoms with van der Waals surface area (Å²) in [7, 11) is 1.81. The van der Waals surface area contributed by atoms with Crippen molar-refractivity contribution in [1.82, 2.24) is 19.2 Å². The van der Waals surface area contributed by atoms with E-state index >= 15 is 0 Å². The van der Waals surface area contributed by atoms with Crippen molar-refractivity contribution >= 4 is 22.9 Å². The van der Waals surface area contributed by atoms with Gasteiger partial charge in [-0.2, -0.15) is 5.10 Å². The van der Waals surface area contributed by atoms with E-state index in [1.54, 1.807) is 36.1 Å². The molecule has 0 spiro atoms. The first kappa shape index (κ1) is 18.0. The molecule has 146 valence electrons. The average Bonchev–Trinajstić information content (AvgIpc) is 3.20. The summed E-state index contributed by atoms with van der Waals surface area (Å²) < 4.78 is 8.43. The third kappa shape index (κ3) is 2.98. The molecule has 2 aromatic heterocycles. The summed E-state index contributed by atoms with van der Waals surface area (Å²) >= 11 is 0. The standard InChI is InChI=1S/C19H21N5O4/c1-22-13-8-10-24(17(18(20)26)12(13)11-21-22)16(25)7-4-9-23-14-5-2-3-6-15(14)28-19(23)27/h2-3,5-6,11,17H,4,7-10H2,1H3,(H2,20,26). The third-order valence-corrected chi connectivity index (χ3v) is 5.23. The fourth-order valence-corrected chi connectivity index (χ4v) is 3.87. The van der Waals surface area contributed by atoms with E-state index < -0.39 is 17.7 Å². The van der Waals surface area contributed by atoms with Crippen molar-refractivity contribution in [3.63, 3.8) is 0 Å². The monoisotopic (exact) mass is 383 g/mol. The Labute approximate surface area is 160 Å². The van der Waals surface area contributed by atoms with Crippen LogP contribution in [-0.2, 0) is 29.6 Å². The maximum atomic E-state index is 12.8. The molecule has 0 saturated heterocycles. The molecule has 1 unspecified atom stereocenters. The van der Waals surface area contributed by atoms with E-state index in [1.807, 2.05) is 6.07 Å². The van der Waals surface area contributed by atoms with Crippen LogP contribution in [0, 0.1) is 0 Å². The van der Waals surface area contributed by atoms with E-state index in [1.165, 1.54) is 9.47 Å². The smallest absolute Gasteiger partial charge is 0.408 e. The predicted octanol–water partition coefficient (Wildman–Crippen LogP) is 0.719. The van der Waals surface area contributed by atoms with E-state index in [-0.39, 0.29) is 12.3 Å². The van der Waals surface area contributed by atoms with Crippen LogP contribution in [0.1, 0.15) is 30.1 Å². The highest BCUT2D eigenvalue weighted by Crippen LogP contribution is 2.30. The topological polar surface area (TPSA) is 116 Å².